The van der Waals surface area contributed by atoms with E-state index in [0.717, 1.165) is 38.7 Å². The van der Waals surface area contributed by atoms with Crippen LogP contribution in [0.5, 0.6) is 0 Å². The molecule has 2 aliphatic heterocycles. The average molecular weight is 503 g/mol. The van der Waals surface area contributed by atoms with Gasteiger partial charge in [0.15, 0.2) is 17.5 Å². The smallest absolute Gasteiger partial charge is 0.168 e. The first-order chi connectivity index (χ1) is 17.5. The number of pyridine rings is 2. The fourth-order valence-corrected chi connectivity index (χ4v) is 4.03. The molecule has 10 heteroatoms. The van der Waals surface area contributed by atoms with Gasteiger partial charge in [0, 0.05) is 30.4 Å². The Morgan fingerprint density at radius 3 is 2.61 bits per heavy atom. The van der Waals surface area contributed by atoms with Crippen LogP contribution in [0.2, 0.25) is 0 Å². The molecular formula is C26H36F2N6O2. The molecule has 5 rings (SSSR count). The summed E-state index contributed by atoms with van der Waals surface area (Å²) < 4.78 is 35.3. The van der Waals surface area contributed by atoms with Crippen molar-refractivity contribution in [1.82, 2.24) is 25.0 Å². The molecule has 3 aromatic heterocycles. The zero-order chi connectivity index (χ0) is 26.1. The molecular weight excluding hydrogens is 466 g/mol. The van der Waals surface area contributed by atoms with Crippen LogP contribution in [0.25, 0.3) is 17.0 Å². The van der Waals surface area contributed by atoms with E-state index in [1.807, 2.05) is 20.9 Å². The number of aldehydes is 1. The van der Waals surface area contributed by atoms with Crippen LogP contribution in [0.4, 0.5) is 14.6 Å². The van der Waals surface area contributed by atoms with E-state index >= 15 is 0 Å². The maximum atomic E-state index is 14.4. The predicted octanol–water partition coefficient (Wildman–Crippen LogP) is 4.06. The molecule has 2 aliphatic rings. The molecule has 0 amide bonds. The van der Waals surface area contributed by atoms with Crippen molar-refractivity contribution in [3.8, 4) is 11.4 Å². The summed E-state index contributed by atoms with van der Waals surface area (Å²) in [5.41, 5.74) is 1.68. The molecule has 3 aromatic rings. The molecule has 8 nitrogen and oxygen atoms in total. The second-order valence-corrected chi connectivity index (χ2v) is 8.66. The quantitative estimate of drug-likeness (QED) is 0.438. The van der Waals surface area contributed by atoms with Crippen molar-refractivity contribution in [2.24, 2.45) is 0 Å². The van der Waals surface area contributed by atoms with Crippen LogP contribution < -0.4 is 16.0 Å². The Morgan fingerprint density at radius 2 is 2.06 bits per heavy atom. The molecule has 0 spiro atoms. The molecule has 0 aromatic carbocycles. The van der Waals surface area contributed by atoms with Gasteiger partial charge in [0.05, 0.1) is 30.6 Å². The summed E-state index contributed by atoms with van der Waals surface area (Å²) in [6.45, 7) is 9.60. The number of carbonyl (C=O) groups excluding carboxylic acids is 1. The molecule has 2 saturated heterocycles. The largest absolute Gasteiger partial charge is 0.377 e. The number of likely N-dealkylation sites (N-methyl/N-ethyl adjacent to an activating group) is 1. The zero-order valence-corrected chi connectivity index (χ0v) is 21.4. The Kier molecular flexibility index (Phi) is 9.86. The number of hydrogen-bond acceptors (Lipinski definition) is 7. The van der Waals surface area contributed by atoms with Crippen LogP contribution in [-0.2, 0) is 4.74 Å². The molecule has 36 heavy (non-hydrogen) atoms. The van der Waals surface area contributed by atoms with E-state index in [2.05, 4.69) is 32.8 Å². The highest BCUT2D eigenvalue weighted by Crippen LogP contribution is 2.26. The number of fused-ring (bicyclic) bond motifs is 1. The summed E-state index contributed by atoms with van der Waals surface area (Å²) in [5, 5.41) is 9.53. The van der Waals surface area contributed by atoms with Gasteiger partial charge in [-0.25, -0.2) is 18.7 Å². The van der Waals surface area contributed by atoms with E-state index in [1.165, 1.54) is 12.6 Å². The van der Waals surface area contributed by atoms with Gasteiger partial charge >= 0.3 is 0 Å². The summed E-state index contributed by atoms with van der Waals surface area (Å²) >= 11 is 0. The van der Waals surface area contributed by atoms with E-state index in [9.17, 15) is 13.6 Å². The molecule has 0 bridgehead atoms. The maximum absolute atomic E-state index is 14.4. The van der Waals surface area contributed by atoms with Crippen LogP contribution >= 0.6 is 0 Å². The third kappa shape index (κ3) is 6.24. The van der Waals surface area contributed by atoms with Gasteiger partial charge in [0.1, 0.15) is 17.6 Å². The van der Waals surface area contributed by atoms with Crippen LogP contribution in [0.1, 0.15) is 50.4 Å². The molecule has 5 heterocycles. The topological polar surface area (TPSA) is 92.6 Å². The molecule has 0 aliphatic carbocycles. The van der Waals surface area contributed by atoms with Crippen molar-refractivity contribution in [1.29, 1.82) is 0 Å². The molecule has 196 valence electrons. The van der Waals surface area contributed by atoms with Crippen molar-refractivity contribution in [2.75, 3.05) is 38.7 Å². The summed E-state index contributed by atoms with van der Waals surface area (Å²) in [6, 6.07) is 4.06. The zero-order valence-electron chi connectivity index (χ0n) is 21.4. The molecule has 0 radical (unpaired) electrons. The fourth-order valence-electron chi connectivity index (χ4n) is 4.03. The Balaban J connectivity index is 0.000000305. The Morgan fingerprint density at radius 1 is 1.28 bits per heavy atom. The van der Waals surface area contributed by atoms with Gasteiger partial charge < -0.3 is 20.7 Å². The monoisotopic (exact) mass is 502 g/mol. The first-order valence-electron chi connectivity index (χ1n) is 12.5. The van der Waals surface area contributed by atoms with Gasteiger partial charge in [-0.3, -0.25) is 9.20 Å². The lowest BCUT2D eigenvalue weighted by Crippen LogP contribution is -2.58. The van der Waals surface area contributed by atoms with Gasteiger partial charge in [-0.15, -0.1) is 0 Å². The number of ether oxygens (including phenoxy) is 1. The van der Waals surface area contributed by atoms with Crippen molar-refractivity contribution in [3.05, 3.63) is 47.8 Å². The molecule has 2 fully saturated rings. The third-order valence-electron chi connectivity index (χ3n) is 6.45. The number of anilines is 1. The second-order valence-electron chi connectivity index (χ2n) is 8.66. The minimum atomic E-state index is -0.768. The average Bonchev–Trinajstić information content (AvgIpc) is 3.31. The number of hydrogen-bond donors (Lipinski definition) is 3. The Bertz CT molecular complexity index is 1130. The van der Waals surface area contributed by atoms with Gasteiger partial charge in [-0.2, -0.15) is 0 Å². The van der Waals surface area contributed by atoms with Crippen LogP contribution in [0.3, 0.4) is 0 Å². The number of rotatable bonds is 6. The first-order valence-corrected chi connectivity index (χ1v) is 12.5. The van der Waals surface area contributed by atoms with E-state index in [0.29, 0.717) is 35.3 Å². The van der Waals surface area contributed by atoms with E-state index in [-0.39, 0.29) is 17.6 Å². The number of nitrogens with zero attached hydrogens (tertiary/aromatic N) is 3. The maximum Gasteiger partial charge on any atom is 0.168 e. The second kappa shape index (κ2) is 12.8. The van der Waals surface area contributed by atoms with E-state index < -0.39 is 11.6 Å². The number of halogens is 2. The summed E-state index contributed by atoms with van der Waals surface area (Å²) in [5.74, 6) is -1.47. The van der Waals surface area contributed by atoms with E-state index in [1.54, 1.807) is 22.7 Å². The lowest BCUT2D eigenvalue weighted by molar-refractivity contribution is -0.0722. The highest BCUT2D eigenvalue weighted by atomic mass is 19.1. The van der Waals surface area contributed by atoms with Gasteiger partial charge in [-0.1, -0.05) is 20.8 Å². The minimum Gasteiger partial charge on any atom is -0.377 e. The van der Waals surface area contributed by atoms with E-state index in [4.69, 9.17) is 4.74 Å². The highest BCUT2D eigenvalue weighted by molar-refractivity contribution is 5.77. The lowest BCUT2D eigenvalue weighted by atomic mass is 9.95. The van der Waals surface area contributed by atoms with Gasteiger partial charge in [-0.05, 0) is 45.0 Å². The van der Waals surface area contributed by atoms with Crippen LogP contribution in [0.15, 0.2) is 30.6 Å². The van der Waals surface area contributed by atoms with Crippen molar-refractivity contribution >= 4 is 17.8 Å². The molecule has 0 saturated carbocycles. The minimum absolute atomic E-state index is 0.00372. The number of carbonyl (C=O) groups is 1. The van der Waals surface area contributed by atoms with Crippen molar-refractivity contribution in [3.63, 3.8) is 0 Å². The van der Waals surface area contributed by atoms with Crippen LogP contribution in [0, 0.1) is 11.6 Å². The molecule has 1 unspecified atom stereocenters. The van der Waals surface area contributed by atoms with Crippen molar-refractivity contribution in [2.45, 2.75) is 51.6 Å². The number of aromatic nitrogens is 3. The molecule has 3 N–H and O–H groups in total. The van der Waals surface area contributed by atoms with Gasteiger partial charge in [0.25, 0.3) is 0 Å². The number of nitrogens with one attached hydrogen (secondary N) is 3. The summed E-state index contributed by atoms with van der Waals surface area (Å²) in [4.78, 5) is 19.3. The normalized spacial score (nSPS) is 18.2. The van der Waals surface area contributed by atoms with Crippen molar-refractivity contribution < 1.29 is 18.3 Å². The van der Waals surface area contributed by atoms with Crippen LogP contribution in [-0.4, -0.2) is 65.6 Å². The summed E-state index contributed by atoms with van der Waals surface area (Å²) in [6.07, 6.45) is 6.84. The fraction of sp³-hybridized carbons (Fsp3) is 0.500. The predicted molar refractivity (Wildman–Crippen MR) is 137 cm³/mol. The SMILES string of the molecule is CC.CCC1(NC)COC1.O=Cc1ccn2c(-c3nc(NC4CCCNC4)c(F)cc3F)cnc2c1. The Labute approximate surface area is 210 Å². The lowest BCUT2D eigenvalue weighted by Gasteiger charge is -2.40. The third-order valence-corrected chi connectivity index (χ3v) is 6.45. The van der Waals surface area contributed by atoms with Gasteiger partial charge in [0.2, 0.25) is 0 Å². The number of piperidine rings is 1. The standard InChI is InChI=1S/C18H17F2N5O.C6H13NO.C2H6/c19-13-7-14(20)18(23-12-2-1-4-21-8-12)24-17(13)15-9-22-16-6-11(10-26)3-5-25(15)16;1-3-6(7-2)4-8-5-6;1-2/h3,5-7,9-10,12,21H,1-2,4,8H2,(H,23,24);7H,3-5H2,1-2H3;1-2H3. The number of imidazole rings is 1. The highest BCUT2D eigenvalue weighted by Gasteiger charge is 2.34. The summed E-state index contributed by atoms with van der Waals surface area (Å²) in [7, 11) is 1.99. The Hall–Kier alpha value is -2.95. The first kappa shape index (κ1) is 27.6. The molecule has 1 atom stereocenters.